The Hall–Kier alpha value is -1.64. The van der Waals surface area contributed by atoms with Gasteiger partial charge >= 0.3 is 0 Å². The van der Waals surface area contributed by atoms with Crippen molar-refractivity contribution in [3.05, 3.63) is 71.8 Å². The Labute approximate surface area is 141 Å². The van der Waals surface area contributed by atoms with Gasteiger partial charge in [-0.2, -0.15) is 0 Å². The molecule has 2 rings (SSSR count). The SMILES string of the molecule is CCN(CCNC(C)C)CC(c1ccccc1)c1ccccc1. The van der Waals surface area contributed by atoms with Crippen LogP contribution in [0.1, 0.15) is 37.8 Å². The number of rotatable bonds is 9. The van der Waals surface area contributed by atoms with E-state index in [1.54, 1.807) is 0 Å². The molecule has 0 amide bonds. The highest BCUT2D eigenvalue weighted by atomic mass is 15.1. The van der Waals surface area contributed by atoms with Crippen LogP contribution in [0.4, 0.5) is 0 Å². The van der Waals surface area contributed by atoms with Crippen LogP contribution < -0.4 is 5.32 Å². The van der Waals surface area contributed by atoms with Crippen molar-refractivity contribution in [3.63, 3.8) is 0 Å². The van der Waals surface area contributed by atoms with Crippen molar-refractivity contribution in [2.24, 2.45) is 0 Å². The molecule has 0 bridgehead atoms. The Morgan fingerprint density at radius 3 is 1.83 bits per heavy atom. The molecule has 1 N–H and O–H groups in total. The van der Waals surface area contributed by atoms with E-state index in [0.717, 1.165) is 26.2 Å². The van der Waals surface area contributed by atoms with Crippen molar-refractivity contribution in [2.45, 2.75) is 32.7 Å². The summed E-state index contributed by atoms with van der Waals surface area (Å²) in [6, 6.07) is 22.3. The summed E-state index contributed by atoms with van der Waals surface area (Å²) in [5.41, 5.74) is 2.79. The molecule has 2 heteroatoms. The molecule has 0 saturated carbocycles. The second kappa shape index (κ2) is 9.49. The molecule has 0 unspecified atom stereocenters. The van der Waals surface area contributed by atoms with E-state index in [0.29, 0.717) is 12.0 Å². The first-order valence-electron chi connectivity index (χ1n) is 8.76. The largest absolute Gasteiger partial charge is 0.313 e. The van der Waals surface area contributed by atoms with Gasteiger partial charge in [0.25, 0.3) is 0 Å². The van der Waals surface area contributed by atoms with Gasteiger partial charge in [0.15, 0.2) is 0 Å². The van der Waals surface area contributed by atoms with Crippen LogP contribution in [0.15, 0.2) is 60.7 Å². The highest BCUT2D eigenvalue weighted by molar-refractivity contribution is 5.32. The summed E-state index contributed by atoms with van der Waals surface area (Å²) >= 11 is 0. The van der Waals surface area contributed by atoms with E-state index >= 15 is 0 Å². The predicted molar refractivity (Wildman–Crippen MR) is 100.0 cm³/mol. The molecule has 0 radical (unpaired) electrons. The van der Waals surface area contributed by atoms with Gasteiger partial charge < -0.3 is 10.2 Å². The molecule has 0 spiro atoms. The summed E-state index contributed by atoms with van der Waals surface area (Å²) in [5, 5.41) is 3.52. The van der Waals surface area contributed by atoms with Crippen LogP contribution in [0.3, 0.4) is 0 Å². The van der Waals surface area contributed by atoms with Crippen LogP contribution in [0.5, 0.6) is 0 Å². The fraction of sp³-hybridized carbons (Fsp3) is 0.429. The maximum atomic E-state index is 3.52. The minimum absolute atomic E-state index is 0.427. The highest BCUT2D eigenvalue weighted by Crippen LogP contribution is 2.25. The standard InChI is InChI=1S/C21H30N2/c1-4-23(16-15-22-18(2)3)17-21(19-11-7-5-8-12-19)20-13-9-6-10-14-20/h5-14,18,21-22H,4,15-17H2,1-3H3. The number of nitrogens with one attached hydrogen (secondary N) is 1. The highest BCUT2D eigenvalue weighted by Gasteiger charge is 2.17. The quantitative estimate of drug-likeness (QED) is 0.749. The molecular formula is C21H30N2. The van der Waals surface area contributed by atoms with Gasteiger partial charge in [0.1, 0.15) is 0 Å². The smallest absolute Gasteiger partial charge is 0.0217 e. The molecule has 0 fully saturated rings. The van der Waals surface area contributed by atoms with E-state index in [9.17, 15) is 0 Å². The average molecular weight is 310 g/mol. The van der Waals surface area contributed by atoms with Gasteiger partial charge in [0, 0.05) is 31.6 Å². The number of hydrogen-bond acceptors (Lipinski definition) is 2. The van der Waals surface area contributed by atoms with E-state index in [1.807, 2.05) is 0 Å². The molecule has 2 aromatic rings. The Balaban J connectivity index is 2.11. The van der Waals surface area contributed by atoms with E-state index in [4.69, 9.17) is 0 Å². The zero-order chi connectivity index (χ0) is 16.5. The molecule has 0 aliphatic carbocycles. The van der Waals surface area contributed by atoms with Gasteiger partial charge in [0.2, 0.25) is 0 Å². The van der Waals surface area contributed by atoms with Gasteiger partial charge in [-0.3, -0.25) is 0 Å². The minimum atomic E-state index is 0.427. The Morgan fingerprint density at radius 2 is 1.39 bits per heavy atom. The van der Waals surface area contributed by atoms with Gasteiger partial charge in [-0.05, 0) is 17.7 Å². The van der Waals surface area contributed by atoms with Crippen molar-refractivity contribution in [3.8, 4) is 0 Å². The lowest BCUT2D eigenvalue weighted by Gasteiger charge is -2.27. The summed E-state index contributed by atoms with van der Waals surface area (Å²) in [7, 11) is 0. The molecule has 2 aromatic carbocycles. The van der Waals surface area contributed by atoms with Gasteiger partial charge in [0.05, 0.1) is 0 Å². The second-order valence-electron chi connectivity index (χ2n) is 6.38. The number of likely N-dealkylation sites (N-methyl/N-ethyl adjacent to an activating group) is 1. The van der Waals surface area contributed by atoms with Gasteiger partial charge in [-0.1, -0.05) is 81.4 Å². The Morgan fingerprint density at radius 1 is 0.870 bits per heavy atom. The topological polar surface area (TPSA) is 15.3 Å². The second-order valence-corrected chi connectivity index (χ2v) is 6.38. The fourth-order valence-corrected chi connectivity index (χ4v) is 2.92. The lowest BCUT2D eigenvalue weighted by molar-refractivity contribution is 0.275. The van der Waals surface area contributed by atoms with Crippen molar-refractivity contribution in [1.29, 1.82) is 0 Å². The van der Waals surface area contributed by atoms with Gasteiger partial charge in [-0.15, -0.1) is 0 Å². The van der Waals surface area contributed by atoms with E-state index < -0.39 is 0 Å². The van der Waals surface area contributed by atoms with Crippen LogP contribution in [-0.4, -0.2) is 37.1 Å². The van der Waals surface area contributed by atoms with E-state index in [1.165, 1.54) is 11.1 Å². The molecule has 124 valence electrons. The molecule has 0 atom stereocenters. The summed E-state index contributed by atoms with van der Waals surface area (Å²) in [4.78, 5) is 2.54. The molecule has 0 aliphatic heterocycles. The van der Waals surface area contributed by atoms with Crippen molar-refractivity contribution in [2.75, 3.05) is 26.2 Å². The molecule has 0 saturated heterocycles. The Bertz CT molecular complexity index is 497. The van der Waals surface area contributed by atoms with Crippen LogP contribution in [0.25, 0.3) is 0 Å². The monoisotopic (exact) mass is 310 g/mol. The summed E-state index contributed by atoms with van der Waals surface area (Å²) in [6.07, 6.45) is 0. The summed E-state index contributed by atoms with van der Waals surface area (Å²) in [5.74, 6) is 0.427. The van der Waals surface area contributed by atoms with E-state index in [-0.39, 0.29) is 0 Å². The minimum Gasteiger partial charge on any atom is -0.313 e. The van der Waals surface area contributed by atoms with Crippen molar-refractivity contribution in [1.82, 2.24) is 10.2 Å². The normalized spacial score (nSPS) is 11.6. The number of benzene rings is 2. The molecule has 0 aliphatic rings. The molecule has 0 heterocycles. The van der Waals surface area contributed by atoms with Crippen molar-refractivity contribution >= 4 is 0 Å². The van der Waals surface area contributed by atoms with E-state index in [2.05, 4.69) is 91.7 Å². The molecule has 23 heavy (non-hydrogen) atoms. The number of nitrogens with zero attached hydrogens (tertiary/aromatic N) is 1. The maximum Gasteiger partial charge on any atom is 0.0217 e. The first-order chi connectivity index (χ1) is 11.2. The maximum absolute atomic E-state index is 3.52. The number of hydrogen-bond donors (Lipinski definition) is 1. The first-order valence-corrected chi connectivity index (χ1v) is 8.76. The average Bonchev–Trinajstić information content (AvgIpc) is 2.59. The zero-order valence-corrected chi connectivity index (χ0v) is 14.7. The lowest BCUT2D eigenvalue weighted by Crippen LogP contribution is -2.37. The third kappa shape index (κ3) is 5.81. The third-order valence-corrected chi connectivity index (χ3v) is 4.27. The van der Waals surface area contributed by atoms with Crippen LogP contribution in [0.2, 0.25) is 0 Å². The zero-order valence-electron chi connectivity index (χ0n) is 14.7. The molecular weight excluding hydrogens is 280 g/mol. The van der Waals surface area contributed by atoms with Crippen molar-refractivity contribution < 1.29 is 0 Å². The molecule has 0 aromatic heterocycles. The first kappa shape index (κ1) is 17.7. The van der Waals surface area contributed by atoms with Gasteiger partial charge in [-0.25, -0.2) is 0 Å². The Kier molecular flexibility index (Phi) is 7.31. The predicted octanol–water partition coefficient (Wildman–Crippen LogP) is 4.14. The summed E-state index contributed by atoms with van der Waals surface area (Å²) in [6.45, 7) is 10.9. The van der Waals surface area contributed by atoms with Crippen LogP contribution in [0, 0.1) is 0 Å². The summed E-state index contributed by atoms with van der Waals surface area (Å²) < 4.78 is 0. The van der Waals surface area contributed by atoms with Crippen LogP contribution >= 0.6 is 0 Å². The lowest BCUT2D eigenvalue weighted by atomic mass is 9.91. The van der Waals surface area contributed by atoms with Crippen LogP contribution in [-0.2, 0) is 0 Å². The molecule has 2 nitrogen and oxygen atoms in total. The third-order valence-electron chi connectivity index (χ3n) is 4.27. The fourth-order valence-electron chi connectivity index (χ4n) is 2.92.